The van der Waals surface area contributed by atoms with Crippen LogP contribution in [0.25, 0.3) is 6.08 Å². The van der Waals surface area contributed by atoms with Gasteiger partial charge < -0.3 is 9.47 Å². The van der Waals surface area contributed by atoms with Crippen LogP contribution in [0, 0.1) is 0 Å². The molecular formula is C25H17BrCl3NO4S. The molecule has 1 aliphatic heterocycles. The Labute approximate surface area is 230 Å². The number of anilines is 1. The molecule has 0 unspecified atom stereocenters. The summed E-state index contributed by atoms with van der Waals surface area (Å²) < 4.78 is 12.4. The van der Waals surface area contributed by atoms with Gasteiger partial charge in [-0.25, -0.2) is 4.90 Å². The van der Waals surface area contributed by atoms with Crippen LogP contribution in [0.4, 0.5) is 10.5 Å². The molecule has 0 radical (unpaired) electrons. The average molecular weight is 614 g/mol. The molecule has 0 saturated carbocycles. The number of para-hydroxylation sites is 1. The number of carbonyl (C=O) groups excluding carboxylic acids is 2. The molecule has 3 aromatic carbocycles. The van der Waals surface area contributed by atoms with Crippen LogP contribution in [0.1, 0.15) is 18.1 Å². The van der Waals surface area contributed by atoms with E-state index < -0.39 is 11.1 Å². The van der Waals surface area contributed by atoms with Crippen molar-refractivity contribution in [2.45, 2.75) is 13.5 Å². The molecule has 1 aliphatic rings. The molecule has 3 aromatic rings. The molecular weight excluding hydrogens is 597 g/mol. The number of imide groups is 1. The van der Waals surface area contributed by atoms with Gasteiger partial charge >= 0.3 is 0 Å². The first-order valence-corrected chi connectivity index (χ1v) is 13.1. The highest BCUT2D eigenvalue weighted by atomic mass is 79.9. The van der Waals surface area contributed by atoms with Crippen LogP contribution in [0.2, 0.25) is 15.1 Å². The summed E-state index contributed by atoms with van der Waals surface area (Å²) in [7, 11) is 0. The molecule has 0 spiro atoms. The van der Waals surface area contributed by atoms with Crippen molar-refractivity contribution >= 4 is 85.4 Å². The number of amides is 2. The molecule has 10 heteroatoms. The van der Waals surface area contributed by atoms with Gasteiger partial charge in [-0.05, 0) is 88.2 Å². The zero-order valence-electron chi connectivity index (χ0n) is 18.2. The molecule has 0 aromatic heterocycles. The normalized spacial score (nSPS) is 14.7. The Morgan fingerprint density at radius 3 is 2.46 bits per heavy atom. The fourth-order valence-electron chi connectivity index (χ4n) is 3.32. The van der Waals surface area contributed by atoms with Crippen LogP contribution in [-0.4, -0.2) is 17.8 Å². The summed E-state index contributed by atoms with van der Waals surface area (Å²) in [6, 6.07) is 15.5. The Balaban J connectivity index is 1.61. The van der Waals surface area contributed by atoms with Crippen molar-refractivity contribution in [3.8, 4) is 11.5 Å². The number of thioether (sulfide) groups is 1. The van der Waals surface area contributed by atoms with Crippen LogP contribution in [0.3, 0.4) is 0 Å². The number of benzene rings is 3. The van der Waals surface area contributed by atoms with Crippen LogP contribution in [0.5, 0.6) is 11.5 Å². The summed E-state index contributed by atoms with van der Waals surface area (Å²) >= 11 is 22.7. The van der Waals surface area contributed by atoms with Crippen molar-refractivity contribution in [2.24, 2.45) is 0 Å². The maximum absolute atomic E-state index is 13.0. The second kappa shape index (κ2) is 11.3. The van der Waals surface area contributed by atoms with Crippen molar-refractivity contribution in [2.75, 3.05) is 11.5 Å². The van der Waals surface area contributed by atoms with Crippen molar-refractivity contribution in [1.29, 1.82) is 0 Å². The topological polar surface area (TPSA) is 55.8 Å². The van der Waals surface area contributed by atoms with E-state index in [1.807, 2.05) is 13.0 Å². The van der Waals surface area contributed by atoms with Gasteiger partial charge in [0, 0.05) is 0 Å². The summed E-state index contributed by atoms with van der Waals surface area (Å²) in [6.07, 6.45) is 1.64. The number of nitrogens with zero attached hydrogens (tertiary/aromatic N) is 1. The molecule has 1 saturated heterocycles. The van der Waals surface area contributed by atoms with Crippen molar-refractivity contribution in [3.05, 3.63) is 90.2 Å². The van der Waals surface area contributed by atoms with Gasteiger partial charge in [-0.15, -0.1) is 0 Å². The van der Waals surface area contributed by atoms with E-state index in [0.717, 1.165) is 22.2 Å². The first-order valence-electron chi connectivity index (χ1n) is 10.3. The van der Waals surface area contributed by atoms with Gasteiger partial charge in [0.25, 0.3) is 11.1 Å². The Kier molecular flexibility index (Phi) is 8.34. The zero-order valence-corrected chi connectivity index (χ0v) is 22.9. The summed E-state index contributed by atoms with van der Waals surface area (Å²) in [5, 5.41) is 0.814. The van der Waals surface area contributed by atoms with Gasteiger partial charge in [-0.3, -0.25) is 9.59 Å². The lowest BCUT2D eigenvalue weighted by molar-refractivity contribution is -0.113. The van der Waals surface area contributed by atoms with Gasteiger partial charge in [0.05, 0.1) is 36.7 Å². The second-order valence-corrected chi connectivity index (χ2v) is 10.3. The third kappa shape index (κ3) is 5.81. The number of halogens is 4. The van der Waals surface area contributed by atoms with Gasteiger partial charge in [0.15, 0.2) is 11.5 Å². The number of carbonyl (C=O) groups is 2. The minimum atomic E-state index is -0.442. The highest BCUT2D eigenvalue weighted by Gasteiger charge is 2.37. The lowest BCUT2D eigenvalue weighted by Crippen LogP contribution is -2.27. The first kappa shape index (κ1) is 25.9. The number of hydrogen-bond acceptors (Lipinski definition) is 5. The molecule has 35 heavy (non-hydrogen) atoms. The molecule has 0 atom stereocenters. The third-order valence-corrected chi connectivity index (χ3v) is 7.40. The van der Waals surface area contributed by atoms with Gasteiger partial charge in [-0.2, -0.15) is 0 Å². The maximum Gasteiger partial charge on any atom is 0.298 e. The lowest BCUT2D eigenvalue weighted by atomic mass is 10.1. The predicted octanol–water partition coefficient (Wildman–Crippen LogP) is 8.63. The summed E-state index contributed by atoms with van der Waals surface area (Å²) in [5.41, 5.74) is 1.85. The Hall–Kier alpha value is -2.16. The molecule has 180 valence electrons. The molecule has 1 heterocycles. The SMILES string of the molecule is CCOc1cc(/C=C2\SC(=O)N(c3ccccc3Cl)C2=O)cc(Br)c1OCc1ccc(Cl)c(Cl)c1. The van der Waals surface area contributed by atoms with E-state index in [1.165, 1.54) is 0 Å². The van der Waals surface area contributed by atoms with E-state index in [-0.39, 0.29) is 11.5 Å². The molecule has 0 aliphatic carbocycles. The van der Waals surface area contributed by atoms with Crippen LogP contribution in [0.15, 0.2) is 64.0 Å². The highest BCUT2D eigenvalue weighted by Crippen LogP contribution is 2.41. The molecule has 2 amide bonds. The quantitative estimate of drug-likeness (QED) is 0.250. The summed E-state index contributed by atoms with van der Waals surface area (Å²) in [5.74, 6) is 0.542. The van der Waals surface area contributed by atoms with Crippen LogP contribution < -0.4 is 14.4 Å². The monoisotopic (exact) mass is 611 g/mol. The average Bonchev–Trinajstić information content (AvgIpc) is 3.08. The maximum atomic E-state index is 13.0. The minimum Gasteiger partial charge on any atom is -0.490 e. The van der Waals surface area contributed by atoms with Gasteiger partial charge in [0.1, 0.15) is 6.61 Å². The highest BCUT2D eigenvalue weighted by molar-refractivity contribution is 9.10. The van der Waals surface area contributed by atoms with E-state index in [4.69, 9.17) is 44.3 Å². The zero-order chi connectivity index (χ0) is 25.1. The number of rotatable bonds is 7. The van der Waals surface area contributed by atoms with Crippen molar-refractivity contribution < 1.29 is 19.1 Å². The summed E-state index contributed by atoms with van der Waals surface area (Å²) in [6.45, 7) is 2.51. The molecule has 4 rings (SSSR count). The minimum absolute atomic E-state index is 0.242. The van der Waals surface area contributed by atoms with Gasteiger partial charge in [-0.1, -0.05) is 53.0 Å². The Morgan fingerprint density at radius 2 is 1.74 bits per heavy atom. The third-order valence-electron chi connectivity index (χ3n) is 4.88. The second-order valence-electron chi connectivity index (χ2n) is 7.27. The Morgan fingerprint density at radius 1 is 0.971 bits per heavy atom. The molecule has 1 fully saturated rings. The number of ether oxygens (including phenoxy) is 2. The summed E-state index contributed by atoms with van der Waals surface area (Å²) in [4.78, 5) is 27.0. The van der Waals surface area contributed by atoms with E-state index >= 15 is 0 Å². The Bertz CT molecular complexity index is 1350. The standard InChI is InChI=1S/C25H17BrCl3NO4S/c1-2-33-21-11-15(9-16(26)23(21)34-13-14-7-8-17(27)19(29)10-14)12-22-24(31)30(25(32)35-22)20-6-4-3-5-18(20)28/h3-12H,2,13H2,1H3/b22-12-. The number of hydrogen-bond donors (Lipinski definition) is 0. The van der Waals surface area contributed by atoms with Crippen LogP contribution in [-0.2, 0) is 11.4 Å². The molecule has 5 nitrogen and oxygen atoms in total. The van der Waals surface area contributed by atoms with E-state index in [0.29, 0.717) is 48.9 Å². The van der Waals surface area contributed by atoms with Crippen molar-refractivity contribution in [3.63, 3.8) is 0 Å². The fraction of sp³-hybridized carbons (Fsp3) is 0.120. The smallest absolute Gasteiger partial charge is 0.298 e. The lowest BCUT2D eigenvalue weighted by Gasteiger charge is -2.15. The molecule has 0 bridgehead atoms. The van der Waals surface area contributed by atoms with E-state index in [2.05, 4.69) is 15.9 Å². The molecule has 0 N–H and O–H groups in total. The first-order chi connectivity index (χ1) is 16.8. The van der Waals surface area contributed by atoms with Gasteiger partial charge in [0.2, 0.25) is 0 Å². The van der Waals surface area contributed by atoms with Crippen molar-refractivity contribution in [1.82, 2.24) is 0 Å². The van der Waals surface area contributed by atoms with Crippen LogP contribution >= 0.6 is 62.5 Å². The van der Waals surface area contributed by atoms with E-state index in [1.54, 1.807) is 54.6 Å². The van der Waals surface area contributed by atoms with E-state index in [9.17, 15) is 9.59 Å². The fourth-order valence-corrected chi connectivity index (χ4v) is 5.27. The largest absolute Gasteiger partial charge is 0.490 e. The predicted molar refractivity (Wildman–Crippen MR) is 146 cm³/mol.